The Morgan fingerprint density at radius 2 is 1.75 bits per heavy atom. The van der Waals surface area contributed by atoms with E-state index >= 15 is 0 Å². The zero-order valence-corrected chi connectivity index (χ0v) is 12.6. The minimum absolute atomic E-state index is 0. The lowest BCUT2D eigenvalue weighted by atomic mass is 10.1. The molecule has 0 unspecified atom stereocenters. The van der Waals surface area contributed by atoms with E-state index in [0.717, 1.165) is 24.3 Å². The first-order valence-electron chi connectivity index (χ1n) is 5.31. The molecular formula is C11H14F3IN4O. The molecule has 0 atom stereocenters. The Morgan fingerprint density at radius 1 is 1.20 bits per heavy atom. The summed E-state index contributed by atoms with van der Waals surface area (Å²) in [7, 11) is 0. The van der Waals surface area contributed by atoms with Crippen molar-refractivity contribution in [2.75, 3.05) is 13.1 Å². The minimum atomic E-state index is -4.41. The lowest BCUT2D eigenvalue weighted by molar-refractivity contribution is -0.137. The van der Waals surface area contributed by atoms with Gasteiger partial charge in [0.15, 0.2) is 5.96 Å². The standard InChI is InChI=1S/C11H13F3N4O.HI/c12-11(13,14)8-3-1-7(2-4-8)9(19)17-5-6-18-10(15)16;/h1-4H,5-6H2,(H,17,19)(H4,15,16,18);1H. The van der Waals surface area contributed by atoms with E-state index in [9.17, 15) is 18.0 Å². The van der Waals surface area contributed by atoms with Crippen molar-refractivity contribution in [3.8, 4) is 0 Å². The molecule has 0 saturated carbocycles. The van der Waals surface area contributed by atoms with Crippen molar-refractivity contribution < 1.29 is 18.0 Å². The molecule has 1 amide bonds. The Labute approximate surface area is 130 Å². The topological polar surface area (TPSA) is 93.5 Å². The van der Waals surface area contributed by atoms with Gasteiger partial charge in [0.25, 0.3) is 5.91 Å². The van der Waals surface area contributed by atoms with Gasteiger partial charge in [0.1, 0.15) is 0 Å². The fourth-order valence-electron chi connectivity index (χ4n) is 1.27. The highest BCUT2D eigenvalue weighted by atomic mass is 127. The molecule has 9 heteroatoms. The molecule has 5 N–H and O–H groups in total. The molecule has 0 radical (unpaired) electrons. The van der Waals surface area contributed by atoms with Crippen LogP contribution in [0.4, 0.5) is 13.2 Å². The van der Waals surface area contributed by atoms with Gasteiger partial charge in [-0.1, -0.05) is 0 Å². The molecular weight excluding hydrogens is 388 g/mol. The monoisotopic (exact) mass is 402 g/mol. The van der Waals surface area contributed by atoms with E-state index in [-0.39, 0.29) is 48.6 Å². The van der Waals surface area contributed by atoms with Gasteiger partial charge in [-0.15, -0.1) is 24.0 Å². The molecule has 112 valence electrons. The van der Waals surface area contributed by atoms with Crippen molar-refractivity contribution in [2.45, 2.75) is 6.18 Å². The Kier molecular flexibility index (Phi) is 7.32. The van der Waals surface area contributed by atoms with Crippen molar-refractivity contribution in [2.24, 2.45) is 16.5 Å². The highest BCUT2D eigenvalue weighted by Crippen LogP contribution is 2.28. The molecule has 0 aliphatic heterocycles. The summed E-state index contributed by atoms with van der Waals surface area (Å²) < 4.78 is 36.9. The normalized spacial score (nSPS) is 10.3. The molecule has 0 aromatic heterocycles. The average Bonchev–Trinajstić information content (AvgIpc) is 2.33. The number of rotatable bonds is 4. The number of carbonyl (C=O) groups is 1. The van der Waals surface area contributed by atoms with Crippen LogP contribution in [0.5, 0.6) is 0 Å². The van der Waals surface area contributed by atoms with E-state index in [0.29, 0.717) is 0 Å². The van der Waals surface area contributed by atoms with E-state index in [1.165, 1.54) is 0 Å². The third-order valence-corrected chi connectivity index (χ3v) is 2.17. The van der Waals surface area contributed by atoms with Crippen LogP contribution in [0.3, 0.4) is 0 Å². The molecule has 1 rings (SSSR count). The second-order valence-corrected chi connectivity index (χ2v) is 3.64. The van der Waals surface area contributed by atoms with Crippen LogP contribution >= 0.6 is 24.0 Å². The number of guanidine groups is 1. The van der Waals surface area contributed by atoms with Crippen LogP contribution in [0.2, 0.25) is 0 Å². The summed E-state index contributed by atoms with van der Waals surface area (Å²) in [5.41, 5.74) is 9.51. The number of hydrogen-bond acceptors (Lipinski definition) is 2. The van der Waals surface area contributed by atoms with Crippen LogP contribution in [-0.4, -0.2) is 25.0 Å². The highest BCUT2D eigenvalue weighted by Gasteiger charge is 2.30. The number of aliphatic imine (C=N–C) groups is 1. The predicted molar refractivity (Wildman–Crippen MR) is 79.9 cm³/mol. The quantitative estimate of drug-likeness (QED) is 0.307. The van der Waals surface area contributed by atoms with Crippen molar-refractivity contribution in [3.63, 3.8) is 0 Å². The summed E-state index contributed by atoms with van der Waals surface area (Å²) in [6.45, 7) is 0.395. The molecule has 0 spiro atoms. The first-order valence-corrected chi connectivity index (χ1v) is 5.31. The highest BCUT2D eigenvalue weighted by molar-refractivity contribution is 14.0. The summed E-state index contributed by atoms with van der Waals surface area (Å²) >= 11 is 0. The van der Waals surface area contributed by atoms with Gasteiger partial charge in [0, 0.05) is 12.1 Å². The average molecular weight is 402 g/mol. The number of nitrogens with one attached hydrogen (secondary N) is 1. The van der Waals surface area contributed by atoms with Crippen molar-refractivity contribution in [1.29, 1.82) is 0 Å². The molecule has 0 aliphatic rings. The summed E-state index contributed by atoms with van der Waals surface area (Å²) in [5, 5.41) is 2.47. The Bertz CT molecular complexity index is 470. The molecule has 0 fully saturated rings. The molecule has 5 nitrogen and oxygen atoms in total. The minimum Gasteiger partial charge on any atom is -0.370 e. The van der Waals surface area contributed by atoms with Crippen LogP contribution in [0, 0.1) is 0 Å². The van der Waals surface area contributed by atoms with E-state index in [1.54, 1.807) is 0 Å². The molecule has 0 saturated heterocycles. The van der Waals surface area contributed by atoms with E-state index < -0.39 is 17.6 Å². The Balaban J connectivity index is 0.00000361. The summed E-state index contributed by atoms with van der Waals surface area (Å²) in [4.78, 5) is 15.2. The van der Waals surface area contributed by atoms with Gasteiger partial charge < -0.3 is 16.8 Å². The zero-order valence-electron chi connectivity index (χ0n) is 10.3. The number of benzene rings is 1. The third-order valence-electron chi connectivity index (χ3n) is 2.17. The summed E-state index contributed by atoms with van der Waals surface area (Å²) in [5.74, 6) is -0.580. The molecule has 1 aromatic rings. The largest absolute Gasteiger partial charge is 0.416 e. The first kappa shape index (κ1) is 18.5. The van der Waals surface area contributed by atoms with E-state index in [2.05, 4.69) is 10.3 Å². The second kappa shape index (κ2) is 7.92. The van der Waals surface area contributed by atoms with Gasteiger partial charge in [-0.25, -0.2) is 0 Å². The van der Waals surface area contributed by atoms with E-state index in [1.807, 2.05) is 0 Å². The van der Waals surface area contributed by atoms with Gasteiger partial charge in [0.05, 0.1) is 12.1 Å². The van der Waals surface area contributed by atoms with Crippen LogP contribution in [0.25, 0.3) is 0 Å². The molecule has 0 bridgehead atoms. The SMILES string of the molecule is I.NC(N)=NCCNC(=O)c1ccc(C(F)(F)F)cc1. The third kappa shape index (κ3) is 6.08. The van der Waals surface area contributed by atoms with Crippen molar-refractivity contribution >= 4 is 35.8 Å². The van der Waals surface area contributed by atoms with Gasteiger partial charge in [-0.3, -0.25) is 9.79 Å². The van der Waals surface area contributed by atoms with Crippen LogP contribution in [0.1, 0.15) is 15.9 Å². The van der Waals surface area contributed by atoms with Gasteiger partial charge in [0.2, 0.25) is 0 Å². The first-order chi connectivity index (χ1) is 8.80. The van der Waals surface area contributed by atoms with Crippen LogP contribution < -0.4 is 16.8 Å². The van der Waals surface area contributed by atoms with Crippen molar-refractivity contribution in [3.05, 3.63) is 35.4 Å². The summed E-state index contributed by atoms with van der Waals surface area (Å²) in [6, 6.07) is 3.92. The predicted octanol–water partition coefficient (Wildman–Crippen LogP) is 1.33. The number of nitrogens with two attached hydrogens (primary N) is 2. The molecule has 20 heavy (non-hydrogen) atoms. The van der Waals surface area contributed by atoms with Crippen LogP contribution in [-0.2, 0) is 6.18 Å². The number of hydrogen-bond donors (Lipinski definition) is 3. The maximum Gasteiger partial charge on any atom is 0.416 e. The number of amides is 1. The smallest absolute Gasteiger partial charge is 0.370 e. The lowest BCUT2D eigenvalue weighted by Crippen LogP contribution is -2.28. The Hall–Kier alpha value is -1.52. The molecule has 1 aromatic carbocycles. The number of halogens is 4. The summed E-state index contributed by atoms with van der Waals surface area (Å²) in [6.07, 6.45) is -4.41. The number of alkyl halides is 3. The van der Waals surface area contributed by atoms with Gasteiger partial charge in [-0.05, 0) is 24.3 Å². The Morgan fingerprint density at radius 3 is 2.20 bits per heavy atom. The maximum atomic E-state index is 12.3. The van der Waals surface area contributed by atoms with Crippen LogP contribution in [0.15, 0.2) is 29.3 Å². The fourth-order valence-corrected chi connectivity index (χ4v) is 1.27. The molecule has 0 heterocycles. The lowest BCUT2D eigenvalue weighted by Gasteiger charge is -2.07. The maximum absolute atomic E-state index is 12.3. The van der Waals surface area contributed by atoms with Gasteiger partial charge in [-0.2, -0.15) is 13.2 Å². The molecule has 0 aliphatic carbocycles. The van der Waals surface area contributed by atoms with Gasteiger partial charge >= 0.3 is 6.18 Å². The zero-order chi connectivity index (χ0) is 14.5. The number of carbonyl (C=O) groups excluding carboxylic acids is 1. The van der Waals surface area contributed by atoms with E-state index in [4.69, 9.17) is 11.5 Å². The number of nitrogens with zero attached hydrogens (tertiary/aromatic N) is 1. The second-order valence-electron chi connectivity index (χ2n) is 3.64. The fraction of sp³-hybridized carbons (Fsp3) is 0.273. The van der Waals surface area contributed by atoms with Crippen molar-refractivity contribution in [1.82, 2.24) is 5.32 Å².